The first-order valence-electron chi connectivity index (χ1n) is 2.40. The van der Waals surface area contributed by atoms with Crippen LogP contribution in [0.4, 0.5) is 10.9 Å². The smallest absolute Gasteiger partial charge is 0.307 e. The van der Waals surface area contributed by atoms with Crippen LogP contribution in [0.5, 0.6) is 0 Å². The number of thiazole rings is 1. The van der Waals surface area contributed by atoms with Gasteiger partial charge in [0.25, 0.3) is 0 Å². The fourth-order valence-electron chi connectivity index (χ4n) is 0.519. The molecule has 62 valence electrons. The van der Waals surface area contributed by atoms with E-state index in [9.17, 15) is 8.42 Å². The van der Waals surface area contributed by atoms with Gasteiger partial charge in [-0.2, -0.15) is 8.42 Å². The maximum absolute atomic E-state index is 10.5. The molecule has 6 nitrogen and oxygen atoms in total. The Morgan fingerprint density at radius 1 is 1.45 bits per heavy atom. The molecule has 0 saturated carbocycles. The van der Waals surface area contributed by atoms with Gasteiger partial charge in [0.15, 0.2) is 15.2 Å². The fourth-order valence-corrected chi connectivity index (χ4v) is 1.99. The van der Waals surface area contributed by atoms with Crippen molar-refractivity contribution in [3.05, 3.63) is 0 Å². The number of hydrogen-bond acceptors (Lipinski definition) is 6. The summed E-state index contributed by atoms with van der Waals surface area (Å²) in [6.45, 7) is 0. The van der Waals surface area contributed by atoms with Gasteiger partial charge >= 0.3 is 10.1 Å². The minimum absolute atomic E-state index is 0.00938. The lowest BCUT2D eigenvalue weighted by molar-refractivity contribution is 0.486. The Morgan fingerprint density at radius 3 is 2.18 bits per heavy atom. The van der Waals surface area contributed by atoms with E-state index >= 15 is 0 Å². The summed E-state index contributed by atoms with van der Waals surface area (Å²) in [5.74, 6) is -0.269. The van der Waals surface area contributed by atoms with E-state index in [2.05, 4.69) is 4.98 Å². The zero-order chi connectivity index (χ0) is 8.65. The van der Waals surface area contributed by atoms with Gasteiger partial charge < -0.3 is 11.5 Å². The topological polar surface area (TPSA) is 119 Å². The van der Waals surface area contributed by atoms with Gasteiger partial charge in [0.1, 0.15) is 0 Å². The fraction of sp³-hybridized carbons (Fsp3) is 0. The van der Waals surface area contributed by atoms with Crippen molar-refractivity contribution in [2.45, 2.75) is 4.21 Å². The third-order valence-electron chi connectivity index (χ3n) is 0.871. The van der Waals surface area contributed by atoms with Gasteiger partial charge in [0, 0.05) is 0 Å². The monoisotopic (exact) mass is 195 g/mol. The van der Waals surface area contributed by atoms with Gasteiger partial charge in [-0.3, -0.25) is 4.55 Å². The minimum atomic E-state index is -4.26. The van der Waals surface area contributed by atoms with Crippen LogP contribution in [-0.2, 0) is 10.1 Å². The Bertz CT molecular complexity index is 367. The van der Waals surface area contributed by atoms with Crippen LogP contribution in [0.1, 0.15) is 0 Å². The first-order valence-corrected chi connectivity index (χ1v) is 4.66. The van der Waals surface area contributed by atoms with Crippen molar-refractivity contribution >= 4 is 32.4 Å². The second-order valence-corrected chi connectivity index (χ2v) is 4.35. The normalized spacial score (nSPS) is 11.7. The van der Waals surface area contributed by atoms with E-state index in [1.54, 1.807) is 0 Å². The molecule has 1 rings (SSSR count). The van der Waals surface area contributed by atoms with E-state index in [1.807, 2.05) is 0 Å². The molecule has 0 radical (unpaired) electrons. The molecule has 1 heterocycles. The highest BCUT2D eigenvalue weighted by molar-refractivity contribution is 7.88. The molecule has 0 fully saturated rings. The first-order chi connectivity index (χ1) is 4.91. The molecule has 8 heteroatoms. The van der Waals surface area contributed by atoms with Crippen molar-refractivity contribution in [2.24, 2.45) is 0 Å². The van der Waals surface area contributed by atoms with E-state index in [0.717, 1.165) is 0 Å². The lowest BCUT2D eigenvalue weighted by Gasteiger charge is -1.88. The summed E-state index contributed by atoms with van der Waals surface area (Å²) in [4.78, 5) is 3.41. The number of nitrogen functional groups attached to an aromatic ring is 2. The molecule has 0 saturated heterocycles. The summed E-state index contributed by atoms with van der Waals surface area (Å²) in [6.07, 6.45) is 0. The molecule has 11 heavy (non-hydrogen) atoms. The van der Waals surface area contributed by atoms with Crippen LogP contribution in [-0.4, -0.2) is 18.0 Å². The van der Waals surface area contributed by atoms with Crippen molar-refractivity contribution in [1.29, 1.82) is 0 Å². The first kappa shape index (κ1) is 8.24. The number of nitrogens with zero attached hydrogens (tertiary/aromatic N) is 1. The zero-order valence-electron chi connectivity index (χ0n) is 5.18. The maximum Gasteiger partial charge on any atom is 0.307 e. The van der Waals surface area contributed by atoms with Crippen LogP contribution in [0.25, 0.3) is 0 Å². The Hall–Kier alpha value is -0.860. The minimum Gasteiger partial charge on any atom is -0.382 e. The Kier molecular flexibility index (Phi) is 1.74. The largest absolute Gasteiger partial charge is 0.382 e. The van der Waals surface area contributed by atoms with E-state index < -0.39 is 14.3 Å². The summed E-state index contributed by atoms with van der Waals surface area (Å²) < 4.78 is 29.0. The van der Waals surface area contributed by atoms with Crippen LogP contribution in [0.2, 0.25) is 0 Å². The van der Waals surface area contributed by atoms with Crippen molar-refractivity contribution in [3.8, 4) is 0 Å². The molecule has 1 aromatic heterocycles. The lowest BCUT2D eigenvalue weighted by Crippen LogP contribution is -1.99. The Labute approximate surface area is 66.6 Å². The molecule has 0 amide bonds. The molecule has 5 N–H and O–H groups in total. The third kappa shape index (κ3) is 1.59. The molecule has 0 aromatic carbocycles. The molecule has 0 bridgehead atoms. The highest BCUT2D eigenvalue weighted by Gasteiger charge is 2.18. The predicted molar refractivity (Wildman–Crippen MR) is 40.8 cm³/mol. The number of hydrogen-bond donors (Lipinski definition) is 3. The SMILES string of the molecule is Nc1nc(N)c(S(=O)(=O)O)s1. The van der Waals surface area contributed by atoms with E-state index in [0.29, 0.717) is 11.3 Å². The molecule has 0 atom stereocenters. The standard InChI is InChI=1S/C3H5N3O3S2/c4-1-2(11(7,8)9)10-3(5)6-1/h4H2,(H2,5,6)(H,7,8,9). The molecular formula is C3H5N3O3S2. The summed E-state index contributed by atoms with van der Waals surface area (Å²) in [5.41, 5.74) is 10.2. The Morgan fingerprint density at radius 2 is 2.00 bits per heavy atom. The van der Waals surface area contributed by atoms with Gasteiger partial charge in [-0.1, -0.05) is 11.3 Å². The zero-order valence-corrected chi connectivity index (χ0v) is 6.82. The van der Waals surface area contributed by atoms with E-state index in [4.69, 9.17) is 16.0 Å². The van der Waals surface area contributed by atoms with Crippen LogP contribution >= 0.6 is 11.3 Å². The van der Waals surface area contributed by atoms with Crippen molar-refractivity contribution in [2.75, 3.05) is 11.5 Å². The summed E-state index contributed by atoms with van der Waals surface area (Å²) in [7, 11) is -4.26. The van der Waals surface area contributed by atoms with Crippen LogP contribution in [0.15, 0.2) is 4.21 Å². The van der Waals surface area contributed by atoms with Crippen LogP contribution in [0.3, 0.4) is 0 Å². The second kappa shape index (κ2) is 2.32. The average molecular weight is 195 g/mol. The quantitative estimate of drug-likeness (QED) is 0.522. The molecule has 0 aliphatic carbocycles. The maximum atomic E-state index is 10.5. The predicted octanol–water partition coefficient (Wildman–Crippen LogP) is -0.446. The molecular weight excluding hydrogens is 190 g/mol. The van der Waals surface area contributed by atoms with Crippen LogP contribution < -0.4 is 11.5 Å². The molecule has 0 unspecified atom stereocenters. The number of aromatic nitrogens is 1. The molecule has 0 aliphatic rings. The summed E-state index contributed by atoms with van der Waals surface area (Å²) >= 11 is 0.625. The van der Waals surface area contributed by atoms with Gasteiger partial charge in [-0.25, -0.2) is 4.98 Å². The van der Waals surface area contributed by atoms with Crippen molar-refractivity contribution in [1.82, 2.24) is 4.98 Å². The molecule has 0 aliphatic heterocycles. The second-order valence-electron chi connectivity index (χ2n) is 1.70. The number of nitrogens with two attached hydrogens (primary N) is 2. The number of anilines is 2. The van der Waals surface area contributed by atoms with Gasteiger partial charge in [0.2, 0.25) is 0 Å². The van der Waals surface area contributed by atoms with Gasteiger partial charge in [-0.05, 0) is 0 Å². The van der Waals surface area contributed by atoms with Crippen LogP contribution in [0, 0.1) is 0 Å². The van der Waals surface area contributed by atoms with Gasteiger partial charge in [-0.15, -0.1) is 0 Å². The molecule has 1 aromatic rings. The summed E-state index contributed by atoms with van der Waals surface area (Å²) in [6, 6.07) is 0. The third-order valence-corrected chi connectivity index (χ3v) is 3.13. The summed E-state index contributed by atoms with van der Waals surface area (Å²) in [5, 5.41) is 0.00938. The van der Waals surface area contributed by atoms with Crippen molar-refractivity contribution < 1.29 is 13.0 Å². The van der Waals surface area contributed by atoms with Gasteiger partial charge in [0.05, 0.1) is 0 Å². The van der Waals surface area contributed by atoms with E-state index in [-0.39, 0.29) is 10.9 Å². The highest BCUT2D eigenvalue weighted by atomic mass is 32.3. The van der Waals surface area contributed by atoms with E-state index in [1.165, 1.54) is 0 Å². The average Bonchev–Trinajstić information content (AvgIpc) is 2.08. The lowest BCUT2D eigenvalue weighted by atomic mass is 10.8. The van der Waals surface area contributed by atoms with Crippen molar-refractivity contribution in [3.63, 3.8) is 0 Å². The Balaban J connectivity index is 3.36. The highest BCUT2D eigenvalue weighted by Crippen LogP contribution is 2.26. The number of rotatable bonds is 1. The molecule has 0 spiro atoms.